The Hall–Kier alpha value is -3.71. The summed E-state index contributed by atoms with van der Waals surface area (Å²) < 4.78 is 5.55. The van der Waals surface area contributed by atoms with Gasteiger partial charge in [0.25, 0.3) is 5.78 Å². The van der Waals surface area contributed by atoms with Crippen LogP contribution in [0, 0.1) is 13.8 Å². The molecule has 0 spiro atoms. The van der Waals surface area contributed by atoms with Gasteiger partial charge in [0.1, 0.15) is 18.1 Å². The van der Waals surface area contributed by atoms with Crippen LogP contribution < -0.4 is 9.64 Å². The lowest BCUT2D eigenvalue weighted by atomic mass is 9.95. The van der Waals surface area contributed by atoms with Crippen molar-refractivity contribution in [1.82, 2.24) is 4.98 Å². The van der Waals surface area contributed by atoms with Gasteiger partial charge < -0.3 is 9.84 Å². The number of hydrogen-bond donors (Lipinski definition) is 1. The maximum Gasteiger partial charge on any atom is 0.301 e. The van der Waals surface area contributed by atoms with E-state index < -0.39 is 17.7 Å². The highest BCUT2D eigenvalue weighted by Gasteiger charge is 2.48. The first-order chi connectivity index (χ1) is 15.4. The number of aliphatic hydroxyl groups excluding tert-OH is 1. The number of Topliss-reactive ketones (excluding diaryl/α,β-unsaturated/α-hetero) is 1. The third kappa shape index (κ3) is 3.83. The molecule has 0 radical (unpaired) electrons. The normalized spacial score (nSPS) is 17.6. The van der Waals surface area contributed by atoms with Crippen LogP contribution in [0.4, 0.5) is 5.13 Å². The molecule has 3 aromatic rings. The van der Waals surface area contributed by atoms with Crippen molar-refractivity contribution in [3.05, 3.63) is 94.5 Å². The lowest BCUT2D eigenvalue weighted by Gasteiger charge is -2.23. The van der Waals surface area contributed by atoms with Crippen LogP contribution in [0.3, 0.4) is 0 Å². The summed E-state index contributed by atoms with van der Waals surface area (Å²) in [6.45, 7) is 7.77. The van der Waals surface area contributed by atoms with Gasteiger partial charge >= 0.3 is 5.91 Å². The average Bonchev–Trinajstić information content (AvgIpc) is 3.28. The van der Waals surface area contributed by atoms with E-state index in [1.54, 1.807) is 54.6 Å². The number of aryl methyl sites for hydroxylation is 2. The molecule has 1 amide bonds. The quantitative estimate of drug-likeness (QED) is 0.251. The standard InChI is InChI=1S/C25H22N2O4S/c1-4-14-31-19-12-10-17(11-13-19)21-20(22(28)18-8-6-5-7-9-18)23(29)24(30)27(21)25-26-15(2)16(3)32-25/h4-13,21,28H,1,14H2,2-3H3/b22-20+/t21-/m0/s1. The number of nitrogens with zero attached hydrogens (tertiary/aromatic N) is 2. The molecule has 2 aromatic carbocycles. The van der Waals surface area contributed by atoms with Crippen LogP contribution in [-0.4, -0.2) is 28.4 Å². The monoisotopic (exact) mass is 446 g/mol. The van der Waals surface area contributed by atoms with Crippen molar-refractivity contribution in [1.29, 1.82) is 0 Å². The van der Waals surface area contributed by atoms with E-state index in [0.29, 0.717) is 28.6 Å². The number of ketones is 1. The molecule has 2 heterocycles. The third-order valence-corrected chi connectivity index (χ3v) is 6.35. The molecule has 1 atom stereocenters. The molecule has 162 valence electrons. The number of carbonyl (C=O) groups excluding carboxylic acids is 2. The van der Waals surface area contributed by atoms with Gasteiger partial charge in [0, 0.05) is 10.4 Å². The highest BCUT2D eigenvalue weighted by Crippen LogP contribution is 2.43. The summed E-state index contributed by atoms with van der Waals surface area (Å²) in [7, 11) is 0. The molecular weight excluding hydrogens is 424 g/mol. The molecule has 1 aromatic heterocycles. The molecule has 6 nitrogen and oxygen atoms in total. The predicted molar refractivity (Wildman–Crippen MR) is 125 cm³/mol. The molecule has 0 saturated carbocycles. The van der Waals surface area contributed by atoms with Crippen molar-refractivity contribution >= 4 is 33.9 Å². The number of rotatable bonds is 6. The molecule has 1 aliphatic heterocycles. The van der Waals surface area contributed by atoms with E-state index in [2.05, 4.69) is 11.6 Å². The number of anilines is 1. The summed E-state index contributed by atoms with van der Waals surface area (Å²) >= 11 is 1.34. The topological polar surface area (TPSA) is 79.7 Å². The van der Waals surface area contributed by atoms with Gasteiger partial charge in [-0.15, -0.1) is 11.3 Å². The molecule has 7 heteroatoms. The number of ether oxygens (including phenoxy) is 1. The molecule has 0 bridgehead atoms. The molecule has 1 saturated heterocycles. The Morgan fingerprint density at radius 1 is 1.16 bits per heavy atom. The number of aromatic nitrogens is 1. The van der Waals surface area contributed by atoms with E-state index in [9.17, 15) is 14.7 Å². The Kier molecular flexibility index (Phi) is 5.92. The van der Waals surface area contributed by atoms with Crippen molar-refractivity contribution in [3.8, 4) is 5.75 Å². The summed E-state index contributed by atoms with van der Waals surface area (Å²) in [5, 5.41) is 11.5. The lowest BCUT2D eigenvalue weighted by molar-refractivity contribution is -0.132. The smallest absolute Gasteiger partial charge is 0.301 e. The first kappa shape index (κ1) is 21.5. The van der Waals surface area contributed by atoms with Crippen LogP contribution in [0.1, 0.15) is 27.7 Å². The van der Waals surface area contributed by atoms with Crippen LogP contribution in [-0.2, 0) is 9.59 Å². The second kappa shape index (κ2) is 8.80. The van der Waals surface area contributed by atoms with Gasteiger partial charge in [-0.05, 0) is 31.5 Å². The highest BCUT2D eigenvalue weighted by atomic mass is 32.1. The Balaban J connectivity index is 1.88. The van der Waals surface area contributed by atoms with Crippen LogP contribution in [0.2, 0.25) is 0 Å². The summed E-state index contributed by atoms with van der Waals surface area (Å²) in [6, 6.07) is 15.0. The molecule has 1 aliphatic rings. The van der Waals surface area contributed by atoms with Gasteiger partial charge in [0.05, 0.1) is 17.3 Å². The van der Waals surface area contributed by atoms with Crippen molar-refractivity contribution in [2.24, 2.45) is 0 Å². The van der Waals surface area contributed by atoms with Gasteiger partial charge in [0.15, 0.2) is 5.13 Å². The Morgan fingerprint density at radius 3 is 2.44 bits per heavy atom. The van der Waals surface area contributed by atoms with E-state index >= 15 is 0 Å². The molecule has 0 unspecified atom stereocenters. The Morgan fingerprint density at radius 2 is 1.84 bits per heavy atom. The van der Waals surface area contributed by atoms with Crippen LogP contribution in [0.5, 0.6) is 5.75 Å². The maximum atomic E-state index is 13.1. The molecule has 1 N–H and O–H groups in total. The van der Waals surface area contributed by atoms with E-state index in [1.807, 2.05) is 19.9 Å². The Labute approximate surface area is 190 Å². The largest absolute Gasteiger partial charge is 0.507 e. The van der Waals surface area contributed by atoms with Gasteiger partial charge in [-0.25, -0.2) is 4.98 Å². The molecule has 0 aliphatic carbocycles. The van der Waals surface area contributed by atoms with E-state index in [-0.39, 0.29) is 11.3 Å². The molecule has 32 heavy (non-hydrogen) atoms. The summed E-state index contributed by atoms with van der Waals surface area (Å²) in [5.74, 6) is -1.04. The van der Waals surface area contributed by atoms with Gasteiger partial charge in [-0.3, -0.25) is 14.5 Å². The molecular formula is C25H22N2O4S. The minimum absolute atomic E-state index is 0.0338. The number of thiazole rings is 1. The van der Waals surface area contributed by atoms with Crippen LogP contribution >= 0.6 is 11.3 Å². The first-order valence-electron chi connectivity index (χ1n) is 10.1. The zero-order chi connectivity index (χ0) is 22.8. The first-order valence-corrected chi connectivity index (χ1v) is 10.9. The molecule has 4 rings (SSSR count). The highest BCUT2D eigenvalue weighted by molar-refractivity contribution is 7.16. The average molecular weight is 447 g/mol. The predicted octanol–water partition coefficient (Wildman–Crippen LogP) is 4.95. The summed E-state index contributed by atoms with van der Waals surface area (Å²) in [5.41, 5.74) is 1.96. The summed E-state index contributed by atoms with van der Waals surface area (Å²) in [6.07, 6.45) is 1.65. The van der Waals surface area contributed by atoms with Crippen molar-refractivity contribution in [2.45, 2.75) is 19.9 Å². The zero-order valence-electron chi connectivity index (χ0n) is 17.7. The van der Waals surface area contributed by atoms with Crippen molar-refractivity contribution < 1.29 is 19.4 Å². The van der Waals surface area contributed by atoms with Crippen molar-refractivity contribution in [3.63, 3.8) is 0 Å². The van der Waals surface area contributed by atoms with Crippen molar-refractivity contribution in [2.75, 3.05) is 11.5 Å². The van der Waals surface area contributed by atoms with E-state index in [0.717, 1.165) is 10.6 Å². The fourth-order valence-electron chi connectivity index (χ4n) is 3.56. The second-order valence-electron chi connectivity index (χ2n) is 7.34. The molecule has 1 fully saturated rings. The zero-order valence-corrected chi connectivity index (χ0v) is 18.6. The van der Waals surface area contributed by atoms with Gasteiger partial charge in [-0.1, -0.05) is 55.1 Å². The minimum atomic E-state index is -0.811. The number of benzene rings is 2. The SMILES string of the molecule is C=CCOc1ccc([C@H]2/C(=C(\O)c3ccccc3)C(=O)C(=O)N2c2nc(C)c(C)s2)cc1. The number of aliphatic hydroxyl groups is 1. The second-order valence-corrected chi connectivity index (χ2v) is 8.52. The van der Waals surface area contributed by atoms with Crippen LogP contribution in [0.15, 0.2) is 72.8 Å². The third-order valence-electron chi connectivity index (χ3n) is 5.28. The number of amides is 1. The fourth-order valence-corrected chi connectivity index (χ4v) is 4.49. The Bertz CT molecular complexity index is 1190. The fraction of sp³-hybridized carbons (Fsp3) is 0.160. The lowest BCUT2D eigenvalue weighted by Crippen LogP contribution is -2.29. The van der Waals surface area contributed by atoms with E-state index in [1.165, 1.54) is 16.2 Å². The van der Waals surface area contributed by atoms with Gasteiger partial charge in [-0.2, -0.15) is 0 Å². The van der Waals surface area contributed by atoms with E-state index in [4.69, 9.17) is 4.74 Å². The van der Waals surface area contributed by atoms with Crippen LogP contribution in [0.25, 0.3) is 5.76 Å². The number of carbonyl (C=O) groups is 2. The minimum Gasteiger partial charge on any atom is -0.507 e. The summed E-state index contributed by atoms with van der Waals surface area (Å²) in [4.78, 5) is 33.1. The number of hydrogen-bond acceptors (Lipinski definition) is 6. The maximum absolute atomic E-state index is 13.1. The van der Waals surface area contributed by atoms with Gasteiger partial charge in [0.2, 0.25) is 0 Å².